The van der Waals surface area contributed by atoms with Crippen LogP contribution in [0.3, 0.4) is 0 Å². The second-order valence-electron chi connectivity index (χ2n) is 9.14. The number of benzene rings is 2. The van der Waals surface area contributed by atoms with Crippen LogP contribution in [0.2, 0.25) is 0 Å². The van der Waals surface area contributed by atoms with Gasteiger partial charge in [0.1, 0.15) is 17.6 Å². The van der Waals surface area contributed by atoms with Crippen LogP contribution in [-0.4, -0.2) is 47.1 Å². The molecule has 3 atom stereocenters. The topological polar surface area (TPSA) is 76.1 Å². The molecule has 0 radical (unpaired) electrons. The Morgan fingerprint density at radius 1 is 1.15 bits per heavy atom. The molecule has 2 saturated heterocycles. The van der Waals surface area contributed by atoms with Crippen molar-refractivity contribution < 1.29 is 24.2 Å². The average molecular weight is 448 g/mol. The van der Waals surface area contributed by atoms with Gasteiger partial charge in [0, 0.05) is 25.1 Å². The number of fused-ring (bicyclic) bond motifs is 1. The van der Waals surface area contributed by atoms with Gasteiger partial charge >= 0.3 is 0 Å². The molecule has 3 aliphatic heterocycles. The molecule has 0 bridgehead atoms. The summed E-state index contributed by atoms with van der Waals surface area (Å²) in [6.45, 7) is 5.07. The van der Waals surface area contributed by atoms with Crippen molar-refractivity contribution in [1.82, 2.24) is 4.90 Å². The van der Waals surface area contributed by atoms with Gasteiger partial charge in [0.2, 0.25) is 0 Å². The van der Waals surface area contributed by atoms with Crippen molar-refractivity contribution in [3.63, 3.8) is 0 Å². The molecule has 0 unspecified atom stereocenters. The van der Waals surface area contributed by atoms with Crippen LogP contribution in [0, 0.1) is 0 Å². The number of nitrogens with zero attached hydrogens (tertiary/aromatic N) is 1. The Hall–Kier alpha value is -3.12. The fourth-order valence-electron chi connectivity index (χ4n) is 5.08. The van der Waals surface area contributed by atoms with Crippen molar-refractivity contribution in [3.05, 3.63) is 70.3 Å². The first-order valence-electron chi connectivity index (χ1n) is 11.7. The maximum Gasteiger partial charge on any atom is 0.295 e. The lowest BCUT2D eigenvalue weighted by atomic mass is 9.93. The van der Waals surface area contributed by atoms with E-state index in [-0.39, 0.29) is 23.5 Å². The van der Waals surface area contributed by atoms with Crippen LogP contribution in [0.25, 0.3) is 5.76 Å². The Labute approximate surface area is 193 Å². The second-order valence-corrected chi connectivity index (χ2v) is 9.14. The molecule has 1 amide bonds. The summed E-state index contributed by atoms with van der Waals surface area (Å²) < 4.78 is 11.5. The highest BCUT2D eigenvalue weighted by Crippen LogP contribution is 2.41. The van der Waals surface area contributed by atoms with Crippen LogP contribution >= 0.6 is 0 Å². The summed E-state index contributed by atoms with van der Waals surface area (Å²) in [6, 6.07) is 12.7. The summed E-state index contributed by atoms with van der Waals surface area (Å²) in [4.78, 5) is 27.9. The smallest absolute Gasteiger partial charge is 0.295 e. The molecule has 172 valence electrons. The number of carbonyl (C=O) groups is 2. The predicted octanol–water partition coefficient (Wildman–Crippen LogP) is 4.17. The van der Waals surface area contributed by atoms with Crippen LogP contribution in [-0.2, 0) is 27.2 Å². The van der Waals surface area contributed by atoms with Gasteiger partial charge in [0.25, 0.3) is 11.7 Å². The lowest BCUT2D eigenvalue weighted by molar-refractivity contribution is -0.140. The third-order valence-corrected chi connectivity index (χ3v) is 6.84. The van der Waals surface area contributed by atoms with Gasteiger partial charge in [-0.1, -0.05) is 31.2 Å². The van der Waals surface area contributed by atoms with Crippen LogP contribution < -0.4 is 4.74 Å². The average Bonchev–Trinajstić information content (AvgIpc) is 3.53. The first-order valence-corrected chi connectivity index (χ1v) is 11.7. The molecule has 0 aliphatic carbocycles. The number of aliphatic hydroxyl groups excluding tert-OH is 1. The number of likely N-dealkylation sites (tertiary alicyclic amines) is 1. The van der Waals surface area contributed by atoms with Crippen LogP contribution in [0.15, 0.2) is 48.0 Å². The molecule has 2 aromatic carbocycles. The van der Waals surface area contributed by atoms with E-state index in [0.717, 1.165) is 42.6 Å². The number of hydrogen-bond donors (Lipinski definition) is 1. The first-order chi connectivity index (χ1) is 16.0. The number of hydrogen-bond acceptors (Lipinski definition) is 5. The van der Waals surface area contributed by atoms with E-state index < -0.39 is 17.7 Å². The number of ketones is 1. The van der Waals surface area contributed by atoms with Gasteiger partial charge in [-0.05, 0) is 61.1 Å². The zero-order chi connectivity index (χ0) is 23.1. The van der Waals surface area contributed by atoms with Crippen molar-refractivity contribution >= 4 is 17.4 Å². The molecule has 2 fully saturated rings. The van der Waals surface area contributed by atoms with Gasteiger partial charge in [0.15, 0.2) is 0 Å². The van der Waals surface area contributed by atoms with E-state index in [0.29, 0.717) is 18.7 Å². The highest BCUT2D eigenvalue weighted by atomic mass is 16.5. The molecule has 5 rings (SSSR count). The monoisotopic (exact) mass is 447 g/mol. The number of aryl methyl sites for hydroxylation is 1. The molecule has 3 heterocycles. The lowest BCUT2D eigenvalue weighted by Gasteiger charge is -2.27. The molecule has 33 heavy (non-hydrogen) atoms. The number of Topliss-reactive ketones (excluding diaryl/α,β-unsaturated/α-hetero) is 1. The zero-order valence-corrected chi connectivity index (χ0v) is 19.0. The van der Waals surface area contributed by atoms with E-state index in [4.69, 9.17) is 9.47 Å². The highest BCUT2D eigenvalue weighted by Gasteiger charge is 2.47. The Kier molecular flexibility index (Phi) is 5.71. The summed E-state index contributed by atoms with van der Waals surface area (Å²) >= 11 is 0. The molecular formula is C27H29NO5. The molecule has 1 N–H and O–H groups in total. The molecule has 6 nitrogen and oxygen atoms in total. The van der Waals surface area contributed by atoms with Gasteiger partial charge in [-0.15, -0.1) is 0 Å². The number of ether oxygens (including phenoxy) is 2. The maximum atomic E-state index is 13.2. The molecule has 0 saturated carbocycles. The first kappa shape index (κ1) is 21.7. The summed E-state index contributed by atoms with van der Waals surface area (Å²) in [5.74, 6) is -0.588. The van der Waals surface area contributed by atoms with E-state index in [2.05, 4.69) is 6.92 Å². The minimum atomic E-state index is -0.653. The summed E-state index contributed by atoms with van der Waals surface area (Å²) in [6.07, 6.45) is 3.41. The van der Waals surface area contributed by atoms with Crippen LogP contribution in [0.1, 0.15) is 55.0 Å². The third kappa shape index (κ3) is 3.93. The van der Waals surface area contributed by atoms with E-state index in [1.54, 1.807) is 11.0 Å². The summed E-state index contributed by atoms with van der Waals surface area (Å²) in [5, 5.41) is 11.3. The second kappa shape index (κ2) is 8.67. The van der Waals surface area contributed by atoms with E-state index >= 15 is 0 Å². The molecule has 0 aromatic heterocycles. The summed E-state index contributed by atoms with van der Waals surface area (Å²) in [7, 11) is 0. The van der Waals surface area contributed by atoms with Crippen LogP contribution in [0.4, 0.5) is 0 Å². The highest BCUT2D eigenvalue weighted by molar-refractivity contribution is 6.46. The molecule has 6 heteroatoms. The quantitative estimate of drug-likeness (QED) is 0.423. The Bertz CT molecular complexity index is 1110. The Morgan fingerprint density at radius 2 is 1.94 bits per heavy atom. The zero-order valence-electron chi connectivity index (χ0n) is 19.0. The molecule has 3 aliphatic rings. The molecule has 2 aromatic rings. The number of aliphatic hydroxyl groups is 1. The fraction of sp³-hybridized carbons (Fsp3) is 0.407. The van der Waals surface area contributed by atoms with Gasteiger partial charge in [-0.3, -0.25) is 9.59 Å². The molecular weight excluding hydrogens is 418 g/mol. The molecule has 0 spiro atoms. The summed E-state index contributed by atoms with van der Waals surface area (Å²) in [5.41, 5.74) is 3.63. The standard InChI is InChI=1S/C27H29NO5/c1-3-17-6-8-18(9-7-17)24-23(26(30)27(31)28(24)15-21-5-4-12-32-21)25(29)19-10-11-22-20(14-19)13-16(2)33-22/h6-11,14,16,21,24,29H,3-5,12-13,15H2,1-2H3/t16-,21+,24-/m0/s1. The van der Waals surface area contributed by atoms with Crippen molar-refractivity contribution in [2.75, 3.05) is 13.2 Å². The SMILES string of the molecule is CCc1ccc([C@H]2C(=C(O)c3ccc4c(c3)C[C@H](C)O4)C(=O)C(=O)N2C[C@H]2CCCO2)cc1. The fourth-order valence-corrected chi connectivity index (χ4v) is 5.08. The van der Waals surface area contributed by atoms with E-state index in [9.17, 15) is 14.7 Å². The van der Waals surface area contributed by atoms with Crippen molar-refractivity contribution in [3.8, 4) is 5.75 Å². The van der Waals surface area contributed by atoms with Crippen molar-refractivity contribution in [2.45, 2.75) is 57.8 Å². The Balaban J connectivity index is 1.59. The normalized spacial score (nSPS) is 26.0. The van der Waals surface area contributed by atoms with Crippen molar-refractivity contribution in [1.29, 1.82) is 0 Å². The Morgan fingerprint density at radius 3 is 2.64 bits per heavy atom. The number of rotatable bonds is 5. The minimum Gasteiger partial charge on any atom is -0.507 e. The number of carbonyl (C=O) groups excluding carboxylic acids is 2. The maximum absolute atomic E-state index is 13.2. The predicted molar refractivity (Wildman–Crippen MR) is 124 cm³/mol. The third-order valence-electron chi connectivity index (χ3n) is 6.84. The largest absolute Gasteiger partial charge is 0.507 e. The minimum absolute atomic E-state index is 0.0754. The number of amides is 1. The lowest BCUT2D eigenvalue weighted by Crippen LogP contribution is -2.36. The van der Waals surface area contributed by atoms with Gasteiger partial charge in [-0.25, -0.2) is 0 Å². The van der Waals surface area contributed by atoms with Crippen LogP contribution in [0.5, 0.6) is 5.75 Å². The van der Waals surface area contributed by atoms with E-state index in [1.807, 2.05) is 43.3 Å². The van der Waals surface area contributed by atoms with Gasteiger partial charge in [0.05, 0.1) is 17.7 Å². The van der Waals surface area contributed by atoms with Gasteiger partial charge in [-0.2, -0.15) is 0 Å². The van der Waals surface area contributed by atoms with Crippen molar-refractivity contribution in [2.24, 2.45) is 0 Å². The van der Waals surface area contributed by atoms with E-state index in [1.165, 1.54) is 5.56 Å². The van der Waals surface area contributed by atoms with Gasteiger partial charge < -0.3 is 19.5 Å².